The largest absolute Gasteiger partial charge is 0.471 e. The molecule has 1 saturated carbocycles. The fourth-order valence-corrected chi connectivity index (χ4v) is 5.00. The Balaban J connectivity index is 1.45. The van der Waals surface area contributed by atoms with Gasteiger partial charge < -0.3 is 9.64 Å². The number of aromatic nitrogens is 5. The van der Waals surface area contributed by atoms with Crippen molar-refractivity contribution in [1.29, 1.82) is 0 Å². The van der Waals surface area contributed by atoms with Crippen LogP contribution in [0, 0.1) is 12.8 Å². The number of halogens is 4. The molecule has 2 bridgehead atoms. The van der Waals surface area contributed by atoms with Crippen LogP contribution in [-0.2, 0) is 6.18 Å². The number of nitrogens with zero attached hydrogens (tertiary/aromatic N) is 6. The number of anilines is 1. The van der Waals surface area contributed by atoms with Gasteiger partial charge in [0, 0.05) is 12.7 Å². The molecule has 0 spiro atoms. The van der Waals surface area contributed by atoms with Crippen molar-refractivity contribution in [1.82, 2.24) is 25.0 Å². The van der Waals surface area contributed by atoms with E-state index >= 15 is 0 Å². The molecular weight excluding hydrogens is 473 g/mol. The molecule has 34 heavy (non-hydrogen) atoms. The number of carbonyl (C=O) groups excluding carboxylic acids is 1. The first kappa shape index (κ1) is 22.6. The lowest BCUT2D eigenvalue weighted by atomic mass is 9.77. The molecule has 6 rings (SSSR count). The summed E-state index contributed by atoms with van der Waals surface area (Å²) >= 11 is 6.08. The third-order valence-corrected chi connectivity index (χ3v) is 6.59. The summed E-state index contributed by atoms with van der Waals surface area (Å²) in [5.74, 6) is 1.30. The van der Waals surface area contributed by atoms with E-state index in [1.807, 2.05) is 6.92 Å². The third kappa shape index (κ3) is 4.08. The van der Waals surface area contributed by atoms with E-state index in [0.717, 1.165) is 49.9 Å². The Morgan fingerprint density at radius 2 is 1.94 bits per heavy atom. The summed E-state index contributed by atoms with van der Waals surface area (Å²) in [4.78, 5) is 23.6. The summed E-state index contributed by atoms with van der Waals surface area (Å²) in [6.45, 7) is 2.63. The van der Waals surface area contributed by atoms with Crippen molar-refractivity contribution in [2.75, 3.05) is 11.4 Å². The van der Waals surface area contributed by atoms with Crippen LogP contribution in [0.3, 0.4) is 0 Å². The van der Waals surface area contributed by atoms with Gasteiger partial charge in [0.05, 0.1) is 29.6 Å². The summed E-state index contributed by atoms with van der Waals surface area (Å²) in [5.41, 5.74) is 0.259. The molecule has 0 radical (unpaired) electrons. The second-order valence-corrected chi connectivity index (χ2v) is 8.95. The minimum absolute atomic E-state index is 0.0189. The molecule has 2 saturated heterocycles. The van der Waals surface area contributed by atoms with E-state index in [4.69, 9.17) is 21.3 Å². The van der Waals surface area contributed by atoms with E-state index in [0.29, 0.717) is 23.1 Å². The average Bonchev–Trinajstić information content (AvgIpc) is 3.34. The van der Waals surface area contributed by atoms with Crippen LogP contribution in [0.25, 0.3) is 5.82 Å². The zero-order valence-electron chi connectivity index (χ0n) is 18.0. The lowest BCUT2D eigenvalue weighted by Crippen LogP contribution is -2.58. The Morgan fingerprint density at radius 3 is 2.59 bits per heavy atom. The quantitative estimate of drug-likeness (QED) is 0.491. The maximum Gasteiger partial charge on any atom is 0.417 e. The van der Waals surface area contributed by atoms with Crippen molar-refractivity contribution in [3.8, 4) is 11.7 Å². The zero-order chi connectivity index (χ0) is 24.0. The predicted octanol–water partition coefficient (Wildman–Crippen LogP) is 4.29. The molecule has 2 aliphatic heterocycles. The molecule has 5 heterocycles. The van der Waals surface area contributed by atoms with Crippen molar-refractivity contribution in [3.05, 3.63) is 52.4 Å². The van der Waals surface area contributed by atoms with Gasteiger partial charge in [-0.15, -0.1) is 4.80 Å². The van der Waals surface area contributed by atoms with Crippen molar-refractivity contribution in [2.45, 2.75) is 44.5 Å². The Morgan fingerprint density at radius 1 is 1.18 bits per heavy atom. The number of alkyl halides is 3. The maximum atomic E-state index is 13.0. The molecule has 0 N–H and O–H groups in total. The van der Waals surface area contributed by atoms with Crippen LogP contribution in [0.2, 0.25) is 5.02 Å². The summed E-state index contributed by atoms with van der Waals surface area (Å²) in [6, 6.07) is 2.49. The van der Waals surface area contributed by atoms with Gasteiger partial charge in [-0.25, -0.2) is 9.97 Å². The van der Waals surface area contributed by atoms with E-state index in [2.05, 4.69) is 20.1 Å². The van der Waals surface area contributed by atoms with Crippen LogP contribution in [0.4, 0.5) is 19.0 Å². The van der Waals surface area contributed by atoms with E-state index < -0.39 is 11.7 Å². The molecular formula is C22H20ClF3N6O2. The number of ether oxygens (including phenoxy) is 1. The number of carbonyl (C=O) groups is 1. The first-order chi connectivity index (χ1) is 16.2. The number of pyridine rings is 2. The first-order valence-corrected chi connectivity index (χ1v) is 11.1. The minimum atomic E-state index is -4.53. The van der Waals surface area contributed by atoms with Crippen LogP contribution in [0.1, 0.15) is 40.7 Å². The fraction of sp³-hybridized carbons (Fsp3) is 0.409. The smallest absolute Gasteiger partial charge is 0.417 e. The molecule has 178 valence electrons. The molecule has 12 heteroatoms. The van der Waals surface area contributed by atoms with Gasteiger partial charge in [-0.05, 0) is 49.8 Å². The highest BCUT2D eigenvalue weighted by Crippen LogP contribution is 2.41. The normalized spacial score (nSPS) is 22.1. The SMILES string of the molecule is Cc1cc(C=O)c(-n2nccn2)nc1N1C[C@@H]2CC[C@H]1[C@H](Oc1ncc(C(F)(F)F)cc1Cl)C2. The summed E-state index contributed by atoms with van der Waals surface area (Å²) in [7, 11) is 0. The third-order valence-electron chi connectivity index (χ3n) is 6.32. The van der Waals surface area contributed by atoms with Crippen LogP contribution < -0.4 is 9.64 Å². The minimum Gasteiger partial charge on any atom is -0.471 e. The highest BCUT2D eigenvalue weighted by molar-refractivity contribution is 6.31. The second kappa shape index (κ2) is 8.53. The van der Waals surface area contributed by atoms with Crippen LogP contribution in [0.15, 0.2) is 30.7 Å². The first-order valence-electron chi connectivity index (χ1n) is 10.7. The summed E-state index contributed by atoms with van der Waals surface area (Å²) in [5, 5.41) is 8.02. The van der Waals surface area contributed by atoms with Crippen molar-refractivity contribution in [3.63, 3.8) is 0 Å². The molecule has 0 unspecified atom stereocenters. The van der Waals surface area contributed by atoms with Gasteiger partial charge in [-0.2, -0.15) is 23.4 Å². The second-order valence-electron chi connectivity index (χ2n) is 8.54. The number of hydrogen-bond acceptors (Lipinski definition) is 7. The number of rotatable bonds is 5. The lowest BCUT2D eigenvalue weighted by Gasteiger charge is -2.50. The van der Waals surface area contributed by atoms with E-state index in [-0.39, 0.29) is 23.0 Å². The van der Waals surface area contributed by atoms with Crippen LogP contribution in [-0.4, -0.2) is 49.9 Å². The molecule has 3 aromatic heterocycles. The van der Waals surface area contributed by atoms with Gasteiger partial charge in [-0.3, -0.25) is 4.79 Å². The lowest BCUT2D eigenvalue weighted by molar-refractivity contribution is -0.137. The highest BCUT2D eigenvalue weighted by atomic mass is 35.5. The monoisotopic (exact) mass is 492 g/mol. The number of piperidine rings is 2. The molecule has 3 aromatic rings. The molecule has 3 aliphatic rings. The Kier molecular flexibility index (Phi) is 5.67. The van der Waals surface area contributed by atoms with Gasteiger partial charge in [0.15, 0.2) is 12.1 Å². The zero-order valence-corrected chi connectivity index (χ0v) is 18.8. The Labute approximate surface area is 197 Å². The van der Waals surface area contributed by atoms with Gasteiger partial charge in [0.25, 0.3) is 0 Å². The average molecular weight is 493 g/mol. The molecule has 3 fully saturated rings. The highest BCUT2D eigenvalue weighted by Gasteiger charge is 2.44. The molecule has 0 aromatic carbocycles. The van der Waals surface area contributed by atoms with E-state index in [9.17, 15) is 18.0 Å². The topological polar surface area (TPSA) is 86.0 Å². The standard InChI is InChI=1S/C22H20ClF3N6O2/c1-12-6-14(11-33)20(32-28-4-5-29-32)30-19(12)31-10-13-2-3-17(31)18(7-13)34-21-16(23)8-15(9-27-21)22(24,25)26/h4-6,8-9,11,13,17-18H,2-3,7,10H2,1H3/t13-,17+,18-/m1/s1. The van der Waals surface area contributed by atoms with Crippen LogP contribution >= 0.6 is 11.6 Å². The van der Waals surface area contributed by atoms with Gasteiger partial charge in [0.2, 0.25) is 5.88 Å². The van der Waals surface area contributed by atoms with Gasteiger partial charge in [0.1, 0.15) is 16.9 Å². The molecule has 8 nitrogen and oxygen atoms in total. The Hall–Kier alpha value is -3.21. The molecule has 3 atom stereocenters. The molecule has 0 amide bonds. The van der Waals surface area contributed by atoms with Crippen molar-refractivity contribution >= 4 is 23.7 Å². The maximum absolute atomic E-state index is 13.0. The van der Waals surface area contributed by atoms with Gasteiger partial charge in [-0.1, -0.05) is 11.6 Å². The van der Waals surface area contributed by atoms with Crippen molar-refractivity contribution < 1.29 is 22.7 Å². The predicted molar refractivity (Wildman–Crippen MR) is 116 cm³/mol. The number of aldehydes is 1. The Bertz CT molecular complexity index is 1220. The number of hydrogen-bond donors (Lipinski definition) is 0. The van der Waals surface area contributed by atoms with Crippen LogP contribution in [0.5, 0.6) is 5.88 Å². The van der Waals surface area contributed by atoms with E-state index in [1.165, 1.54) is 17.2 Å². The molecule has 1 aliphatic carbocycles. The number of fused-ring (bicyclic) bond motifs is 3. The number of aryl methyl sites for hydroxylation is 1. The fourth-order valence-electron chi connectivity index (χ4n) is 4.79. The summed E-state index contributed by atoms with van der Waals surface area (Å²) in [6.07, 6.45) is 2.16. The summed E-state index contributed by atoms with van der Waals surface area (Å²) < 4.78 is 44.9. The van der Waals surface area contributed by atoms with Crippen molar-refractivity contribution in [2.24, 2.45) is 5.92 Å². The van der Waals surface area contributed by atoms with Gasteiger partial charge >= 0.3 is 6.18 Å². The van der Waals surface area contributed by atoms with E-state index in [1.54, 1.807) is 6.07 Å².